The van der Waals surface area contributed by atoms with E-state index in [9.17, 15) is 5.11 Å². The molecule has 1 N–H and O–H groups in total. The molecule has 5 aromatic rings. The zero-order chi connectivity index (χ0) is 21.0. The second-order valence-electron chi connectivity index (χ2n) is 6.55. The highest BCUT2D eigenvalue weighted by Gasteiger charge is 2.18. The van der Waals surface area contributed by atoms with E-state index >= 15 is 0 Å². The summed E-state index contributed by atoms with van der Waals surface area (Å²) in [6.07, 6.45) is 3.42. The molecule has 31 heavy (non-hydrogen) atoms. The molecule has 0 aliphatic carbocycles. The lowest BCUT2D eigenvalue weighted by atomic mass is 10.2. The molecule has 0 unspecified atom stereocenters. The van der Waals surface area contributed by atoms with E-state index < -0.39 is 0 Å². The Balaban J connectivity index is 1.45. The maximum atomic E-state index is 9.68. The summed E-state index contributed by atoms with van der Waals surface area (Å²) in [4.78, 5) is 4.07. The number of aromatic nitrogens is 6. The van der Waals surface area contributed by atoms with Crippen molar-refractivity contribution >= 4 is 11.8 Å². The van der Waals surface area contributed by atoms with Gasteiger partial charge < -0.3 is 9.52 Å². The van der Waals surface area contributed by atoms with E-state index in [4.69, 9.17) is 4.42 Å². The van der Waals surface area contributed by atoms with Gasteiger partial charge in [-0.15, -0.1) is 20.4 Å². The Kier molecular flexibility index (Phi) is 5.16. The van der Waals surface area contributed by atoms with Crippen molar-refractivity contribution in [3.05, 3.63) is 85.0 Å². The number of phenolic OH excluding ortho intramolecular Hbond substituents is 1. The van der Waals surface area contributed by atoms with E-state index in [1.165, 1.54) is 11.8 Å². The maximum absolute atomic E-state index is 9.68. The third kappa shape index (κ3) is 4.03. The largest absolute Gasteiger partial charge is 0.508 e. The summed E-state index contributed by atoms with van der Waals surface area (Å²) in [6, 6.07) is 20.3. The lowest BCUT2D eigenvalue weighted by Crippen LogP contribution is -1.99. The Bertz CT molecular complexity index is 1290. The van der Waals surface area contributed by atoms with Crippen LogP contribution in [0.25, 0.3) is 28.5 Å². The minimum atomic E-state index is 0.191. The zero-order valence-corrected chi connectivity index (χ0v) is 17.0. The average molecular weight is 428 g/mol. The summed E-state index contributed by atoms with van der Waals surface area (Å²) in [6.45, 7) is 0. The van der Waals surface area contributed by atoms with Gasteiger partial charge in [-0.25, -0.2) is 0 Å². The first-order valence-electron chi connectivity index (χ1n) is 9.44. The topological polar surface area (TPSA) is 103 Å². The molecule has 152 valence electrons. The van der Waals surface area contributed by atoms with Crippen molar-refractivity contribution in [3.8, 4) is 34.3 Å². The Morgan fingerprint density at radius 2 is 1.58 bits per heavy atom. The molecule has 9 heteroatoms. The first-order valence-corrected chi connectivity index (χ1v) is 10.4. The Morgan fingerprint density at radius 1 is 0.806 bits per heavy atom. The van der Waals surface area contributed by atoms with Crippen LogP contribution in [0.1, 0.15) is 5.89 Å². The lowest BCUT2D eigenvalue weighted by molar-refractivity contribution is 0.475. The molecule has 0 aliphatic rings. The van der Waals surface area contributed by atoms with Gasteiger partial charge in [0, 0.05) is 29.2 Å². The van der Waals surface area contributed by atoms with Gasteiger partial charge >= 0.3 is 0 Å². The van der Waals surface area contributed by atoms with Crippen LogP contribution in [0, 0.1) is 0 Å². The number of aromatic hydroxyl groups is 1. The lowest BCUT2D eigenvalue weighted by Gasteiger charge is -2.10. The van der Waals surface area contributed by atoms with Gasteiger partial charge in [0.1, 0.15) is 5.75 Å². The molecule has 0 fully saturated rings. The quantitative estimate of drug-likeness (QED) is 0.398. The van der Waals surface area contributed by atoms with Crippen LogP contribution in [-0.2, 0) is 5.75 Å². The predicted octanol–water partition coefficient (Wildman–Crippen LogP) is 4.38. The molecule has 0 amide bonds. The molecule has 2 aromatic carbocycles. The van der Waals surface area contributed by atoms with Gasteiger partial charge in [-0.3, -0.25) is 9.55 Å². The second kappa shape index (κ2) is 8.41. The highest BCUT2D eigenvalue weighted by Crippen LogP contribution is 2.30. The molecular weight excluding hydrogens is 412 g/mol. The molecule has 0 aliphatic heterocycles. The Hall–Kier alpha value is -3.98. The number of phenols is 1. The van der Waals surface area contributed by atoms with Gasteiger partial charge in [0.25, 0.3) is 0 Å². The van der Waals surface area contributed by atoms with E-state index in [-0.39, 0.29) is 5.75 Å². The van der Waals surface area contributed by atoms with Crippen LogP contribution < -0.4 is 0 Å². The van der Waals surface area contributed by atoms with E-state index in [0.29, 0.717) is 28.5 Å². The number of thioether (sulfide) groups is 1. The summed E-state index contributed by atoms with van der Waals surface area (Å²) in [5.41, 5.74) is 2.58. The average Bonchev–Trinajstić information content (AvgIpc) is 3.47. The molecule has 0 saturated heterocycles. The van der Waals surface area contributed by atoms with Crippen LogP contribution in [0.15, 0.2) is 88.7 Å². The number of benzene rings is 2. The molecule has 0 atom stereocenters. The van der Waals surface area contributed by atoms with Gasteiger partial charge in [0.05, 0.1) is 5.75 Å². The molecule has 0 saturated carbocycles. The molecule has 8 nitrogen and oxygen atoms in total. The van der Waals surface area contributed by atoms with Crippen molar-refractivity contribution in [2.45, 2.75) is 10.9 Å². The van der Waals surface area contributed by atoms with Crippen molar-refractivity contribution in [1.29, 1.82) is 0 Å². The van der Waals surface area contributed by atoms with E-state index in [0.717, 1.165) is 16.8 Å². The van der Waals surface area contributed by atoms with Crippen molar-refractivity contribution in [1.82, 2.24) is 29.9 Å². The molecule has 5 rings (SSSR count). The van der Waals surface area contributed by atoms with Crippen LogP contribution in [-0.4, -0.2) is 35.1 Å². The highest BCUT2D eigenvalue weighted by atomic mass is 32.2. The Labute approximate surface area is 181 Å². The summed E-state index contributed by atoms with van der Waals surface area (Å²) in [5.74, 6) is 2.27. The van der Waals surface area contributed by atoms with Crippen molar-refractivity contribution in [3.63, 3.8) is 0 Å². The second-order valence-corrected chi connectivity index (χ2v) is 7.49. The molecule has 3 aromatic heterocycles. The van der Waals surface area contributed by atoms with Gasteiger partial charge in [0.15, 0.2) is 11.0 Å². The van der Waals surface area contributed by atoms with Crippen LogP contribution in [0.2, 0.25) is 0 Å². The van der Waals surface area contributed by atoms with Crippen LogP contribution in [0.4, 0.5) is 0 Å². The minimum Gasteiger partial charge on any atom is -0.508 e. The predicted molar refractivity (Wildman–Crippen MR) is 116 cm³/mol. The highest BCUT2D eigenvalue weighted by molar-refractivity contribution is 7.98. The molecule has 3 heterocycles. The van der Waals surface area contributed by atoms with Gasteiger partial charge in [-0.05, 0) is 48.5 Å². The number of hydrogen-bond donors (Lipinski definition) is 1. The summed E-state index contributed by atoms with van der Waals surface area (Å²) < 4.78 is 7.73. The fraction of sp³-hybridized carbons (Fsp3) is 0.0455. The minimum absolute atomic E-state index is 0.191. The number of pyridine rings is 1. The van der Waals surface area contributed by atoms with E-state index in [2.05, 4.69) is 25.4 Å². The number of rotatable bonds is 6. The summed E-state index contributed by atoms with van der Waals surface area (Å²) in [7, 11) is 0. The molecule has 0 radical (unpaired) electrons. The normalized spacial score (nSPS) is 11.0. The summed E-state index contributed by atoms with van der Waals surface area (Å²) in [5, 5.41) is 27.4. The van der Waals surface area contributed by atoms with Gasteiger partial charge in [-0.2, -0.15) is 0 Å². The third-order valence-corrected chi connectivity index (χ3v) is 5.41. The van der Waals surface area contributed by atoms with E-state index in [1.807, 2.05) is 59.2 Å². The third-order valence-electron chi connectivity index (χ3n) is 4.49. The van der Waals surface area contributed by atoms with Crippen molar-refractivity contribution < 1.29 is 9.52 Å². The number of hydrogen-bond acceptors (Lipinski definition) is 8. The summed E-state index contributed by atoms with van der Waals surface area (Å²) >= 11 is 1.44. The molecular formula is C22H16N6O2S. The SMILES string of the molecule is Oc1ccc(-n2c(SCc3nnc(-c4ccccc4)o3)nnc2-c2ccncc2)cc1. The van der Waals surface area contributed by atoms with Crippen molar-refractivity contribution in [2.24, 2.45) is 0 Å². The van der Waals surface area contributed by atoms with Gasteiger partial charge in [-0.1, -0.05) is 30.0 Å². The fourth-order valence-corrected chi connectivity index (χ4v) is 3.81. The van der Waals surface area contributed by atoms with Crippen LogP contribution in [0.5, 0.6) is 5.75 Å². The standard InChI is InChI=1S/C22H16N6O2S/c29-18-8-6-17(7-9-18)28-20(15-10-12-23-13-11-15)25-27-22(28)31-14-19-24-26-21(30-19)16-4-2-1-3-5-16/h1-13,29H,14H2. The maximum Gasteiger partial charge on any atom is 0.247 e. The van der Waals surface area contributed by atoms with Crippen LogP contribution >= 0.6 is 11.8 Å². The van der Waals surface area contributed by atoms with Crippen LogP contribution in [0.3, 0.4) is 0 Å². The Morgan fingerprint density at radius 3 is 2.35 bits per heavy atom. The monoisotopic (exact) mass is 428 g/mol. The molecule has 0 spiro atoms. The fourth-order valence-electron chi connectivity index (χ4n) is 3.02. The van der Waals surface area contributed by atoms with E-state index in [1.54, 1.807) is 24.5 Å². The zero-order valence-electron chi connectivity index (χ0n) is 16.2. The number of nitrogens with zero attached hydrogens (tertiary/aromatic N) is 6. The van der Waals surface area contributed by atoms with Gasteiger partial charge in [0.2, 0.25) is 11.8 Å². The molecule has 0 bridgehead atoms. The first kappa shape index (κ1) is 19.0. The smallest absolute Gasteiger partial charge is 0.247 e. The van der Waals surface area contributed by atoms with Crippen molar-refractivity contribution in [2.75, 3.05) is 0 Å². The first-order chi connectivity index (χ1) is 15.3.